The number of hydrogen-bond acceptors (Lipinski definition) is 4. The lowest BCUT2D eigenvalue weighted by molar-refractivity contribution is -0.117. The zero-order chi connectivity index (χ0) is 25.7. The van der Waals surface area contributed by atoms with Crippen molar-refractivity contribution in [1.29, 1.82) is 0 Å². The van der Waals surface area contributed by atoms with Crippen LogP contribution in [0.2, 0.25) is 0 Å². The highest BCUT2D eigenvalue weighted by atomic mass is 19.1. The second-order valence-corrected chi connectivity index (χ2v) is 8.47. The highest BCUT2D eigenvalue weighted by Gasteiger charge is 2.23. The molecule has 0 atom stereocenters. The van der Waals surface area contributed by atoms with Crippen molar-refractivity contribution in [2.75, 3.05) is 19.0 Å². The van der Waals surface area contributed by atoms with E-state index in [-0.39, 0.29) is 30.3 Å². The SMILES string of the molecule is COc1ccc(-c2cn(-c3ccc(F)cc3)c(NC(=O)CN(C(=O)c3ccccc3)C(C)C)n2)cc1. The van der Waals surface area contributed by atoms with Crippen LogP contribution >= 0.6 is 0 Å². The minimum atomic E-state index is -0.400. The molecule has 0 saturated heterocycles. The molecule has 1 aromatic heterocycles. The maximum atomic E-state index is 13.5. The number of aromatic nitrogens is 2. The molecule has 3 aromatic carbocycles. The van der Waals surface area contributed by atoms with E-state index in [1.165, 1.54) is 17.0 Å². The van der Waals surface area contributed by atoms with Crippen molar-refractivity contribution in [3.05, 3.63) is 96.4 Å². The summed E-state index contributed by atoms with van der Waals surface area (Å²) in [6.45, 7) is 3.56. The Balaban J connectivity index is 1.62. The molecule has 184 valence electrons. The van der Waals surface area contributed by atoms with Crippen molar-refractivity contribution in [1.82, 2.24) is 14.5 Å². The summed E-state index contributed by atoms with van der Waals surface area (Å²) in [4.78, 5) is 32.2. The van der Waals surface area contributed by atoms with Gasteiger partial charge in [-0.05, 0) is 74.5 Å². The van der Waals surface area contributed by atoms with Gasteiger partial charge in [-0.3, -0.25) is 19.5 Å². The largest absolute Gasteiger partial charge is 0.497 e. The van der Waals surface area contributed by atoms with Crippen LogP contribution in [0.5, 0.6) is 5.75 Å². The number of anilines is 1. The number of benzene rings is 3. The second-order valence-electron chi connectivity index (χ2n) is 8.47. The number of nitrogens with zero attached hydrogens (tertiary/aromatic N) is 3. The quantitative estimate of drug-likeness (QED) is 0.373. The third-order valence-electron chi connectivity index (χ3n) is 5.67. The molecule has 0 aliphatic rings. The van der Waals surface area contributed by atoms with Crippen molar-refractivity contribution in [3.63, 3.8) is 0 Å². The van der Waals surface area contributed by atoms with Crippen LogP contribution in [0.1, 0.15) is 24.2 Å². The molecular weight excluding hydrogens is 459 g/mol. The van der Waals surface area contributed by atoms with Crippen LogP contribution in [0.4, 0.5) is 10.3 Å². The molecular formula is C28H27FN4O3. The molecule has 0 aliphatic carbocycles. The Morgan fingerprint density at radius 1 is 1.00 bits per heavy atom. The van der Waals surface area contributed by atoms with Crippen LogP contribution in [0.15, 0.2) is 85.1 Å². The van der Waals surface area contributed by atoms with Gasteiger partial charge in [0.05, 0.1) is 12.8 Å². The number of amides is 2. The zero-order valence-electron chi connectivity index (χ0n) is 20.3. The summed E-state index contributed by atoms with van der Waals surface area (Å²) in [5.41, 5.74) is 2.56. The maximum absolute atomic E-state index is 13.5. The number of hydrogen-bond donors (Lipinski definition) is 1. The summed E-state index contributed by atoms with van der Waals surface area (Å²) in [5.74, 6) is -0.0352. The van der Waals surface area contributed by atoms with Gasteiger partial charge in [-0.2, -0.15) is 0 Å². The monoisotopic (exact) mass is 486 g/mol. The van der Waals surface area contributed by atoms with E-state index in [0.717, 1.165) is 5.56 Å². The van der Waals surface area contributed by atoms with E-state index >= 15 is 0 Å². The lowest BCUT2D eigenvalue weighted by Crippen LogP contribution is -2.42. The third kappa shape index (κ3) is 5.60. The van der Waals surface area contributed by atoms with Crippen LogP contribution in [0.25, 0.3) is 16.9 Å². The molecule has 0 unspecified atom stereocenters. The van der Waals surface area contributed by atoms with Gasteiger partial charge in [0.2, 0.25) is 11.9 Å². The Kier molecular flexibility index (Phi) is 7.44. The van der Waals surface area contributed by atoms with Crippen molar-refractivity contribution in [2.45, 2.75) is 19.9 Å². The summed E-state index contributed by atoms with van der Waals surface area (Å²) in [6.07, 6.45) is 1.76. The van der Waals surface area contributed by atoms with Gasteiger partial charge in [-0.1, -0.05) is 18.2 Å². The highest BCUT2D eigenvalue weighted by Crippen LogP contribution is 2.26. The summed E-state index contributed by atoms with van der Waals surface area (Å²) in [5, 5.41) is 2.83. The van der Waals surface area contributed by atoms with Gasteiger partial charge in [0.15, 0.2) is 0 Å². The van der Waals surface area contributed by atoms with E-state index in [0.29, 0.717) is 22.7 Å². The van der Waals surface area contributed by atoms with E-state index < -0.39 is 5.91 Å². The fourth-order valence-electron chi connectivity index (χ4n) is 3.72. The van der Waals surface area contributed by atoms with Crippen LogP contribution in [0, 0.1) is 5.82 Å². The number of carbonyl (C=O) groups is 2. The van der Waals surface area contributed by atoms with E-state index in [9.17, 15) is 14.0 Å². The van der Waals surface area contributed by atoms with Gasteiger partial charge >= 0.3 is 0 Å². The minimum Gasteiger partial charge on any atom is -0.497 e. The van der Waals surface area contributed by atoms with Gasteiger partial charge in [-0.25, -0.2) is 9.37 Å². The van der Waals surface area contributed by atoms with Crippen molar-refractivity contribution < 1.29 is 18.7 Å². The molecule has 4 rings (SSSR count). The molecule has 8 heteroatoms. The molecule has 0 fully saturated rings. The molecule has 0 spiro atoms. The first-order chi connectivity index (χ1) is 17.4. The van der Waals surface area contributed by atoms with Gasteiger partial charge in [-0.15, -0.1) is 0 Å². The normalized spacial score (nSPS) is 10.8. The van der Waals surface area contributed by atoms with E-state index in [1.807, 2.05) is 44.2 Å². The topological polar surface area (TPSA) is 76.5 Å². The van der Waals surface area contributed by atoms with E-state index in [1.54, 1.807) is 54.3 Å². The number of ether oxygens (including phenoxy) is 1. The average Bonchev–Trinajstić information content (AvgIpc) is 3.31. The number of imidazole rings is 1. The van der Waals surface area contributed by atoms with Crippen LogP contribution in [-0.4, -0.2) is 46.0 Å². The summed E-state index contributed by atoms with van der Waals surface area (Å²) >= 11 is 0. The number of methoxy groups -OCH3 is 1. The fourth-order valence-corrected chi connectivity index (χ4v) is 3.72. The molecule has 0 radical (unpaired) electrons. The van der Waals surface area contributed by atoms with E-state index in [4.69, 9.17) is 4.74 Å². The smallest absolute Gasteiger partial charge is 0.254 e. The number of halogens is 1. The molecule has 0 saturated carbocycles. The number of carbonyl (C=O) groups excluding carboxylic acids is 2. The molecule has 2 amide bonds. The predicted molar refractivity (Wildman–Crippen MR) is 137 cm³/mol. The maximum Gasteiger partial charge on any atom is 0.254 e. The standard InChI is InChI=1S/C28H27FN4O3/c1-19(2)32(27(35)21-7-5-4-6-8-21)18-26(34)31-28-30-25(20-9-15-24(36-3)16-10-20)17-33(28)23-13-11-22(29)12-14-23/h4-17,19H,18H2,1-3H3,(H,30,31,34). The first-order valence-corrected chi connectivity index (χ1v) is 11.5. The number of rotatable bonds is 8. The Labute approximate surface area is 209 Å². The average molecular weight is 487 g/mol. The molecule has 36 heavy (non-hydrogen) atoms. The van der Waals surface area contributed by atoms with Crippen LogP contribution in [0.3, 0.4) is 0 Å². The molecule has 0 aliphatic heterocycles. The van der Waals surface area contributed by atoms with Crippen LogP contribution in [-0.2, 0) is 4.79 Å². The van der Waals surface area contributed by atoms with Gasteiger partial charge < -0.3 is 9.64 Å². The fraction of sp³-hybridized carbons (Fsp3) is 0.179. The Hall–Kier alpha value is -4.46. The second kappa shape index (κ2) is 10.9. The van der Waals surface area contributed by atoms with Gasteiger partial charge in [0.1, 0.15) is 18.1 Å². The first-order valence-electron chi connectivity index (χ1n) is 11.5. The van der Waals surface area contributed by atoms with Crippen LogP contribution < -0.4 is 10.1 Å². The Bertz CT molecular complexity index is 1330. The molecule has 1 heterocycles. The summed E-state index contributed by atoms with van der Waals surface area (Å²) in [6, 6.07) is 21.9. The molecule has 0 bridgehead atoms. The molecule has 1 N–H and O–H groups in total. The number of nitrogens with one attached hydrogen (secondary N) is 1. The Morgan fingerprint density at radius 3 is 2.28 bits per heavy atom. The lowest BCUT2D eigenvalue weighted by atomic mass is 10.1. The minimum absolute atomic E-state index is 0.153. The van der Waals surface area contributed by atoms with Crippen molar-refractivity contribution in [2.24, 2.45) is 0 Å². The predicted octanol–water partition coefficient (Wildman–Crippen LogP) is 5.18. The van der Waals surface area contributed by atoms with Gasteiger partial charge in [0, 0.05) is 29.1 Å². The summed E-state index contributed by atoms with van der Waals surface area (Å²) < 4.78 is 20.4. The van der Waals surface area contributed by atoms with Crippen molar-refractivity contribution >= 4 is 17.8 Å². The Morgan fingerprint density at radius 2 is 1.67 bits per heavy atom. The molecule has 7 nitrogen and oxygen atoms in total. The molecule has 4 aromatic rings. The highest BCUT2D eigenvalue weighted by molar-refractivity contribution is 5.99. The summed E-state index contributed by atoms with van der Waals surface area (Å²) in [7, 11) is 1.59. The van der Waals surface area contributed by atoms with Gasteiger partial charge in [0.25, 0.3) is 5.91 Å². The van der Waals surface area contributed by atoms with E-state index in [2.05, 4.69) is 10.3 Å². The first kappa shape index (κ1) is 24.7. The van der Waals surface area contributed by atoms with Crippen molar-refractivity contribution in [3.8, 4) is 22.7 Å². The zero-order valence-corrected chi connectivity index (χ0v) is 20.3. The third-order valence-corrected chi connectivity index (χ3v) is 5.67. The lowest BCUT2D eigenvalue weighted by Gasteiger charge is -2.26.